The zero-order valence-electron chi connectivity index (χ0n) is 33.9. The second-order valence-electron chi connectivity index (χ2n) is 16.0. The first kappa shape index (κ1) is 37.1. The van der Waals surface area contributed by atoms with Gasteiger partial charge in [-0.15, -0.1) is 0 Å². The molecule has 288 valence electrons. The lowest BCUT2D eigenvalue weighted by Crippen LogP contribution is -2.17. The van der Waals surface area contributed by atoms with Crippen LogP contribution in [0.3, 0.4) is 0 Å². The van der Waals surface area contributed by atoms with Crippen LogP contribution < -0.4 is 9.80 Å². The van der Waals surface area contributed by atoms with E-state index < -0.39 is 0 Å². The molecule has 0 unspecified atom stereocenters. The van der Waals surface area contributed by atoms with Crippen molar-refractivity contribution in [1.29, 1.82) is 10.5 Å². The summed E-state index contributed by atoms with van der Waals surface area (Å²) in [4.78, 5) is 4.39. The number of benzene rings is 9. The smallest absolute Gasteiger partial charge is 0.101 e. The van der Waals surface area contributed by atoms with Crippen molar-refractivity contribution in [1.82, 2.24) is 0 Å². The van der Waals surface area contributed by atoms with Crippen LogP contribution in [0.25, 0.3) is 44.2 Å². The highest BCUT2D eigenvalue weighted by atomic mass is 15.1. The molecular weight excluding hydrogens is 741 g/mol. The third-order valence-electron chi connectivity index (χ3n) is 12.1. The Kier molecular flexibility index (Phi) is 9.25. The van der Waals surface area contributed by atoms with E-state index in [1.165, 1.54) is 22.3 Å². The average Bonchev–Trinajstić information content (AvgIpc) is 3.53. The van der Waals surface area contributed by atoms with E-state index in [2.05, 4.69) is 157 Å². The van der Waals surface area contributed by atoms with Crippen LogP contribution in [0.15, 0.2) is 206 Å². The molecule has 0 aliphatic heterocycles. The second kappa shape index (κ2) is 15.2. The molecule has 0 saturated carbocycles. The Bertz CT molecular complexity index is 3180. The first-order valence-corrected chi connectivity index (χ1v) is 20.5. The third kappa shape index (κ3) is 6.58. The maximum Gasteiger partial charge on any atom is 0.101 e. The number of hydrogen-bond acceptors (Lipinski definition) is 4. The Morgan fingerprint density at radius 2 is 0.820 bits per heavy atom. The lowest BCUT2D eigenvalue weighted by Gasteiger charge is -2.29. The zero-order chi connectivity index (χ0) is 41.5. The molecule has 0 fully saturated rings. The van der Waals surface area contributed by atoms with E-state index in [0.717, 1.165) is 67.2 Å². The quantitative estimate of drug-likeness (QED) is 0.154. The summed E-state index contributed by atoms with van der Waals surface area (Å²) in [6.07, 6.45) is 0. The molecule has 0 aromatic heterocycles. The van der Waals surface area contributed by atoms with Crippen LogP contribution in [0.2, 0.25) is 0 Å². The highest BCUT2D eigenvalue weighted by molar-refractivity contribution is 5.97. The van der Waals surface area contributed by atoms with E-state index in [1.54, 1.807) is 0 Å². The van der Waals surface area contributed by atoms with Gasteiger partial charge >= 0.3 is 0 Å². The molecule has 0 saturated heterocycles. The largest absolute Gasteiger partial charge is 0.309 e. The van der Waals surface area contributed by atoms with E-state index in [-0.39, 0.29) is 5.41 Å². The molecule has 0 amide bonds. The summed E-state index contributed by atoms with van der Waals surface area (Å²) in [6.45, 7) is 4.62. The van der Waals surface area contributed by atoms with Crippen molar-refractivity contribution >= 4 is 44.9 Å². The molecule has 9 aromatic rings. The van der Waals surface area contributed by atoms with Gasteiger partial charge in [0.2, 0.25) is 0 Å². The Morgan fingerprint density at radius 3 is 1.33 bits per heavy atom. The average molecular weight is 781 g/mol. The van der Waals surface area contributed by atoms with Gasteiger partial charge in [-0.3, -0.25) is 0 Å². The van der Waals surface area contributed by atoms with Gasteiger partial charge in [0, 0.05) is 28.2 Å². The lowest BCUT2D eigenvalue weighted by molar-refractivity contribution is 0.661. The Balaban J connectivity index is 1.06. The molecule has 4 heteroatoms. The van der Waals surface area contributed by atoms with Gasteiger partial charge in [0.25, 0.3) is 0 Å². The predicted octanol–water partition coefficient (Wildman–Crippen LogP) is 15.2. The molecule has 1 aliphatic carbocycles. The van der Waals surface area contributed by atoms with Gasteiger partial charge in [-0.05, 0) is 140 Å². The summed E-state index contributed by atoms with van der Waals surface area (Å²) < 4.78 is 0. The predicted molar refractivity (Wildman–Crippen MR) is 251 cm³/mol. The summed E-state index contributed by atoms with van der Waals surface area (Å²) in [5, 5.41) is 23.3. The van der Waals surface area contributed by atoms with Gasteiger partial charge in [-0.2, -0.15) is 10.5 Å². The van der Waals surface area contributed by atoms with Crippen LogP contribution in [-0.2, 0) is 5.41 Å². The van der Waals surface area contributed by atoms with Crippen molar-refractivity contribution < 1.29 is 0 Å². The number of para-hydroxylation sites is 2. The number of hydrogen-bond donors (Lipinski definition) is 0. The second-order valence-corrected chi connectivity index (χ2v) is 16.0. The monoisotopic (exact) mass is 780 g/mol. The molecule has 61 heavy (non-hydrogen) atoms. The van der Waals surface area contributed by atoms with Gasteiger partial charge in [-0.25, -0.2) is 0 Å². The van der Waals surface area contributed by atoms with Crippen LogP contribution in [0.4, 0.5) is 34.1 Å². The summed E-state index contributed by atoms with van der Waals surface area (Å²) >= 11 is 0. The summed E-state index contributed by atoms with van der Waals surface area (Å²) in [5.74, 6) is 0. The van der Waals surface area contributed by atoms with Crippen molar-refractivity contribution in [2.75, 3.05) is 9.80 Å². The molecule has 9 aromatic carbocycles. The highest BCUT2D eigenvalue weighted by Crippen LogP contribution is 2.52. The number of anilines is 6. The van der Waals surface area contributed by atoms with Crippen LogP contribution >= 0.6 is 0 Å². The van der Waals surface area contributed by atoms with E-state index in [0.29, 0.717) is 11.1 Å². The SMILES string of the molecule is CC1(C)c2cc(N(c3ccccc3)c3ccc(-c4ccccc4)cc3C#N)ccc2-c2cc3ccc(N(c4ccccc4)c4ccc(-c5ccccc5)cc4C#N)cc3cc21. The Hall–Kier alpha value is -8.18. The Morgan fingerprint density at radius 1 is 0.361 bits per heavy atom. The molecule has 0 heterocycles. The van der Waals surface area contributed by atoms with Crippen LogP contribution in [0.1, 0.15) is 36.1 Å². The van der Waals surface area contributed by atoms with E-state index in [1.807, 2.05) is 84.9 Å². The number of rotatable bonds is 8. The number of nitriles is 2. The highest BCUT2D eigenvalue weighted by Gasteiger charge is 2.36. The summed E-state index contributed by atoms with van der Waals surface area (Å²) in [7, 11) is 0. The standard InChI is InChI=1S/C57H40N4/c1-57(2)53-35-44-33-49(60(47-19-11-5-12-20-47)55-29-24-41(31-45(55)37-58)39-15-7-3-8-16-39)26-23-43(44)34-52(53)51-28-27-50(36-54(51)57)61(48-21-13-6-14-22-48)56-30-25-42(32-46(56)38-59)40-17-9-4-10-18-40/h3-36H,1-2H3. The normalized spacial score (nSPS) is 12.2. The molecule has 0 N–H and O–H groups in total. The fourth-order valence-corrected chi connectivity index (χ4v) is 9.00. The first-order chi connectivity index (χ1) is 29.9. The molecule has 0 atom stereocenters. The van der Waals surface area contributed by atoms with Crippen molar-refractivity contribution in [2.24, 2.45) is 0 Å². The molecule has 4 nitrogen and oxygen atoms in total. The number of nitrogens with zero attached hydrogens (tertiary/aromatic N) is 4. The summed E-state index contributed by atoms with van der Waals surface area (Å²) in [6, 6.07) is 76.3. The minimum absolute atomic E-state index is 0.317. The minimum Gasteiger partial charge on any atom is -0.309 e. The van der Waals surface area contributed by atoms with E-state index in [9.17, 15) is 10.5 Å². The first-order valence-electron chi connectivity index (χ1n) is 20.5. The van der Waals surface area contributed by atoms with Gasteiger partial charge in [0.05, 0.1) is 22.5 Å². The maximum atomic E-state index is 10.6. The van der Waals surface area contributed by atoms with Gasteiger partial charge in [0.15, 0.2) is 0 Å². The van der Waals surface area contributed by atoms with Crippen LogP contribution in [-0.4, -0.2) is 0 Å². The fourth-order valence-electron chi connectivity index (χ4n) is 9.00. The minimum atomic E-state index is -0.317. The van der Waals surface area contributed by atoms with Crippen molar-refractivity contribution in [2.45, 2.75) is 19.3 Å². The van der Waals surface area contributed by atoms with Crippen molar-refractivity contribution in [3.63, 3.8) is 0 Å². The van der Waals surface area contributed by atoms with Crippen LogP contribution in [0, 0.1) is 22.7 Å². The Labute approximate surface area is 357 Å². The van der Waals surface area contributed by atoms with E-state index >= 15 is 0 Å². The molecule has 0 bridgehead atoms. The molecule has 0 spiro atoms. The molecule has 10 rings (SSSR count). The lowest BCUT2D eigenvalue weighted by atomic mass is 9.81. The molecule has 0 radical (unpaired) electrons. The fraction of sp³-hybridized carbons (Fsp3) is 0.0526. The summed E-state index contributed by atoms with van der Waals surface area (Å²) in [5.41, 5.74) is 15.6. The third-order valence-corrected chi connectivity index (χ3v) is 12.1. The van der Waals surface area contributed by atoms with Gasteiger partial charge in [0.1, 0.15) is 12.1 Å². The van der Waals surface area contributed by atoms with E-state index in [4.69, 9.17) is 0 Å². The number of fused-ring (bicyclic) bond motifs is 4. The zero-order valence-corrected chi connectivity index (χ0v) is 33.9. The van der Waals surface area contributed by atoms with Gasteiger partial charge < -0.3 is 9.80 Å². The molecular formula is C57H40N4. The van der Waals surface area contributed by atoms with Crippen molar-refractivity contribution in [3.05, 3.63) is 229 Å². The molecule has 1 aliphatic rings. The maximum absolute atomic E-state index is 10.6. The van der Waals surface area contributed by atoms with Crippen molar-refractivity contribution in [3.8, 4) is 45.5 Å². The topological polar surface area (TPSA) is 54.1 Å². The van der Waals surface area contributed by atoms with Crippen LogP contribution in [0.5, 0.6) is 0 Å². The van der Waals surface area contributed by atoms with Gasteiger partial charge in [-0.1, -0.05) is 135 Å².